The summed E-state index contributed by atoms with van der Waals surface area (Å²) in [6.07, 6.45) is 0.451. The molecule has 7 nitrogen and oxygen atoms in total. The van der Waals surface area contributed by atoms with Crippen molar-refractivity contribution < 1.29 is 22.7 Å². The third-order valence-corrected chi connectivity index (χ3v) is 5.59. The SMILES string of the molecule is COc1ccc(OC)c([C@H](C)NC(=O)N[C@@H]2CCS(=O)(=O)C2)c1. The Morgan fingerprint density at radius 1 is 1.30 bits per heavy atom. The molecule has 8 heteroatoms. The van der Waals surface area contributed by atoms with Crippen LogP contribution in [0.15, 0.2) is 18.2 Å². The van der Waals surface area contributed by atoms with E-state index in [-0.39, 0.29) is 23.6 Å². The Balaban J connectivity index is 2.01. The number of carbonyl (C=O) groups excluding carboxylic acids is 1. The molecule has 0 spiro atoms. The first-order valence-corrected chi connectivity index (χ1v) is 9.16. The molecule has 128 valence electrons. The average Bonchev–Trinajstić information content (AvgIpc) is 2.84. The summed E-state index contributed by atoms with van der Waals surface area (Å²) in [4.78, 5) is 12.1. The van der Waals surface area contributed by atoms with E-state index in [1.54, 1.807) is 32.4 Å². The number of hydrogen-bond donors (Lipinski definition) is 2. The van der Waals surface area contributed by atoms with Gasteiger partial charge in [-0.05, 0) is 31.5 Å². The zero-order valence-electron chi connectivity index (χ0n) is 13.5. The molecule has 1 heterocycles. The summed E-state index contributed by atoms with van der Waals surface area (Å²) in [5.74, 6) is 1.42. The number of methoxy groups -OCH3 is 2. The zero-order chi connectivity index (χ0) is 17.0. The zero-order valence-corrected chi connectivity index (χ0v) is 14.3. The first kappa shape index (κ1) is 17.4. The maximum Gasteiger partial charge on any atom is 0.315 e. The molecule has 0 aliphatic carbocycles. The van der Waals surface area contributed by atoms with Gasteiger partial charge in [-0.15, -0.1) is 0 Å². The molecule has 0 saturated carbocycles. The van der Waals surface area contributed by atoms with Gasteiger partial charge in [-0.25, -0.2) is 13.2 Å². The van der Waals surface area contributed by atoms with Gasteiger partial charge in [0.1, 0.15) is 11.5 Å². The van der Waals surface area contributed by atoms with Crippen LogP contribution in [0.2, 0.25) is 0 Å². The van der Waals surface area contributed by atoms with Gasteiger partial charge in [-0.2, -0.15) is 0 Å². The van der Waals surface area contributed by atoms with Gasteiger partial charge in [0.2, 0.25) is 0 Å². The molecule has 1 aliphatic rings. The second-order valence-corrected chi connectivity index (χ2v) is 7.78. The molecule has 1 aromatic rings. The first-order chi connectivity index (χ1) is 10.8. The number of benzene rings is 1. The molecule has 0 radical (unpaired) electrons. The van der Waals surface area contributed by atoms with Gasteiger partial charge in [0, 0.05) is 11.6 Å². The van der Waals surface area contributed by atoms with E-state index in [9.17, 15) is 13.2 Å². The molecule has 23 heavy (non-hydrogen) atoms. The number of sulfone groups is 1. The van der Waals surface area contributed by atoms with E-state index >= 15 is 0 Å². The Hall–Kier alpha value is -1.96. The lowest BCUT2D eigenvalue weighted by molar-refractivity contribution is 0.234. The maximum absolute atomic E-state index is 12.1. The van der Waals surface area contributed by atoms with Crippen LogP contribution in [0, 0.1) is 0 Å². The summed E-state index contributed by atoms with van der Waals surface area (Å²) in [6, 6.07) is 4.29. The van der Waals surface area contributed by atoms with Gasteiger partial charge in [0.05, 0.1) is 31.8 Å². The second-order valence-electron chi connectivity index (χ2n) is 5.55. The Morgan fingerprint density at radius 3 is 2.61 bits per heavy atom. The molecular formula is C15H22N2O5S. The van der Waals surface area contributed by atoms with Crippen LogP contribution >= 0.6 is 0 Å². The van der Waals surface area contributed by atoms with Crippen molar-refractivity contribution in [2.75, 3.05) is 25.7 Å². The van der Waals surface area contributed by atoms with Crippen LogP contribution < -0.4 is 20.1 Å². The Labute approximate surface area is 136 Å². The highest BCUT2D eigenvalue weighted by molar-refractivity contribution is 7.91. The molecule has 0 unspecified atom stereocenters. The fourth-order valence-electron chi connectivity index (χ4n) is 2.59. The lowest BCUT2D eigenvalue weighted by atomic mass is 10.1. The van der Waals surface area contributed by atoms with Crippen molar-refractivity contribution in [3.8, 4) is 11.5 Å². The van der Waals surface area contributed by atoms with Crippen molar-refractivity contribution in [1.82, 2.24) is 10.6 Å². The summed E-state index contributed by atoms with van der Waals surface area (Å²) in [5, 5.41) is 5.50. The number of carbonyl (C=O) groups is 1. The van der Waals surface area contributed by atoms with Crippen molar-refractivity contribution in [3.05, 3.63) is 23.8 Å². The van der Waals surface area contributed by atoms with Gasteiger partial charge in [0.25, 0.3) is 0 Å². The van der Waals surface area contributed by atoms with E-state index in [0.29, 0.717) is 17.9 Å². The molecule has 0 aromatic heterocycles. The summed E-state index contributed by atoms with van der Waals surface area (Å²) in [7, 11) is 0.103. The van der Waals surface area contributed by atoms with E-state index in [2.05, 4.69) is 10.6 Å². The number of amides is 2. The summed E-state index contributed by atoms with van der Waals surface area (Å²) >= 11 is 0. The number of urea groups is 1. The predicted octanol–water partition coefficient (Wildman–Crippen LogP) is 1.25. The first-order valence-electron chi connectivity index (χ1n) is 7.34. The van der Waals surface area contributed by atoms with Gasteiger partial charge in [-0.1, -0.05) is 0 Å². The van der Waals surface area contributed by atoms with Gasteiger partial charge in [0.15, 0.2) is 9.84 Å². The highest BCUT2D eigenvalue weighted by Crippen LogP contribution is 2.29. The lowest BCUT2D eigenvalue weighted by Crippen LogP contribution is -2.43. The van der Waals surface area contributed by atoms with E-state index < -0.39 is 15.9 Å². The smallest absolute Gasteiger partial charge is 0.315 e. The Morgan fingerprint density at radius 2 is 2.04 bits per heavy atom. The summed E-state index contributed by atoms with van der Waals surface area (Å²) in [6.45, 7) is 1.82. The van der Waals surface area contributed by atoms with Crippen molar-refractivity contribution in [1.29, 1.82) is 0 Å². The van der Waals surface area contributed by atoms with Gasteiger partial charge >= 0.3 is 6.03 Å². The number of ether oxygens (including phenoxy) is 2. The monoisotopic (exact) mass is 342 g/mol. The molecular weight excluding hydrogens is 320 g/mol. The molecule has 1 aliphatic heterocycles. The molecule has 2 N–H and O–H groups in total. The maximum atomic E-state index is 12.1. The van der Waals surface area contributed by atoms with Crippen LogP contribution in [0.3, 0.4) is 0 Å². The lowest BCUT2D eigenvalue weighted by Gasteiger charge is -2.20. The minimum atomic E-state index is -3.02. The van der Waals surface area contributed by atoms with Crippen LogP contribution in [0.1, 0.15) is 24.9 Å². The molecule has 1 fully saturated rings. The minimum absolute atomic E-state index is 0.00270. The summed E-state index contributed by atoms with van der Waals surface area (Å²) in [5.41, 5.74) is 0.779. The number of nitrogens with one attached hydrogen (secondary N) is 2. The normalized spacial score (nSPS) is 20.6. The quantitative estimate of drug-likeness (QED) is 0.840. The van der Waals surface area contributed by atoms with Crippen molar-refractivity contribution >= 4 is 15.9 Å². The van der Waals surface area contributed by atoms with E-state index in [4.69, 9.17) is 9.47 Å². The number of hydrogen-bond acceptors (Lipinski definition) is 5. The van der Waals surface area contributed by atoms with Gasteiger partial charge < -0.3 is 20.1 Å². The number of rotatable bonds is 5. The molecule has 2 atom stereocenters. The van der Waals surface area contributed by atoms with Crippen LogP contribution in [-0.2, 0) is 9.84 Å². The van der Waals surface area contributed by atoms with Crippen LogP contribution in [0.5, 0.6) is 11.5 Å². The summed E-state index contributed by atoms with van der Waals surface area (Å²) < 4.78 is 33.3. The van der Waals surface area contributed by atoms with Crippen LogP contribution in [-0.4, -0.2) is 46.2 Å². The molecule has 1 aromatic carbocycles. The van der Waals surface area contributed by atoms with E-state index in [1.807, 2.05) is 6.92 Å². The minimum Gasteiger partial charge on any atom is -0.497 e. The van der Waals surface area contributed by atoms with Crippen molar-refractivity contribution in [2.45, 2.75) is 25.4 Å². The molecule has 2 amide bonds. The standard InChI is InChI=1S/C15H22N2O5S/c1-10(13-8-12(21-2)4-5-14(13)22-3)16-15(18)17-11-6-7-23(19,20)9-11/h4-5,8,10-11H,6-7,9H2,1-3H3,(H2,16,17,18)/t10-,11+/m0/s1. The third-order valence-electron chi connectivity index (χ3n) is 3.82. The predicted molar refractivity (Wildman–Crippen MR) is 86.7 cm³/mol. The van der Waals surface area contributed by atoms with Crippen molar-refractivity contribution in [2.24, 2.45) is 0 Å². The van der Waals surface area contributed by atoms with E-state index in [1.165, 1.54) is 0 Å². The Bertz CT molecular complexity index is 674. The fraction of sp³-hybridized carbons (Fsp3) is 0.533. The highest BCUT2D eigenvalue weighted by Gasteiger charge is 2.29. The fourth-order valence-corrected chi connectivity index (χ4v) is 4.26. The average molecular weight is 342 g/mol. The third kappa shape index (κ3) is 4.51. The van der Waals surface area contributed by atoms with Crippen molar-refractivity contribution in [3.63, 3.8) is 0 Å². The Kier molecular flexibility index (Phi) is 5.35. The largest absolute Gasteiger partial charge is 0.497 e. The van der Waals surface area contributed by atoms with E-state index in [0.717, 1.165) is 5.56 Å². The molecule has 0 bridgehead atoms. The van der Waals surface area contributed by atoms with Crippen LogP contribution in [0.25, 0.3) is 0 Å². The second kappa shape index (κ2) is 7.08. The highest BCUT2D eigenvalue weighted by atomic mass is 32.2. The topological polar surface area (TPSA) is 93.7 Å². The van der Waals surface area contributed by atoms with Crippen LogP contribution in [0.4, 0.5) is 4.79 Å². The molecule has 2 rings (SSSR count). The van der Waals surface area contributed by atoms with Gasteiger partial charge in [-0.3, -0.25) is 0 Å². The molecule has 1 saturated heterocycles.